The Hall–Kier alpha value is -0.380. The number of hydrogen-bond donors (Lipinski definition) is 4. The van der Waals surface area contributed by atoms with Crippen LogP contribution in [-0.2, 0) is 11.6 Å². The quantitative estimate of drug-likeness (QED) is 0.375. The fourth-order valence-corrected chi connectivity index (χ4v) is 0.933. The molecule has 15 heavy (non-hydrogen) atoms. The molecule has 1 unspecified atom stereocenters. The van der Waals surface area contributed by atoms with Gasteiger partial charge in [-0.25, -0.2) is 0 Å². The Morgan fingerprint density at radius 3 is 1.73 bits per heavy atom. The van der Waals surface area contributed by atoms with Crippen LogP contribution in [-0.4, -0.2) is 79.3 Å². The van der Waals surface area contributed by atoms with Gasteiger partial charge in [-0.05, 0) is 0 Å². The van der Waals surface area contributed by atoms with Crippen LogP contribution < -0.4 is 0 Å². The standard InChI is InChI=1S/C7H17NO4.O2S/c9-3-1-8(2-4-10)5-7(12)6-11;1-3-2/h7,9-12H,1-6H2;. The highest BCUT2D eigenvalue weighted by atomic mass is 32.1. The minimum Gasteiger partial charge on any atom is -0.395 e. The van der Waals surface area contributed by atoms with Crippen molar-refractivity contribution in [2.75, 3.05) is 39.5 Å². The topological polar surface area (TPSA) is 118 Å². The van der Waals surface area contributed by atoms with Crippen LogP contribution in [0.4, 0.5) is 0 Å². The minimum absolute atomic E-state index is 0.0157. The maximum Gasteiger partial charge on any atom is 0.335 e. The summed E-state index contributed by atoms with van der Waals surface area (Å²) >= 11 is -0.750. The van der Waals surface area contributed by atoms with E-state index < -0.39 is 17.7 Å². The lowest BCUT2D eigenvalue weighted by molar-refractivity contribution is 0.0478. The van der Waals surface area contributed by atoms with Gasteiger partial charge in [0.1, 0.15) is 0 Å². The van der Waals surface area contributed by atoms with E-state index in [4.69, 9.17) is 28.8 Å². The molecule has 0 rings (SSSR count). The van der Waals surface area contributed by atoms with Gasteiger partial charge in [0.15, 0.2) is 0 Å². The third-order valence-electron chi connectivity index (χ3n) is 1.51. The molecule has 0 spiro atoms. The summed E-state index contributed by atoms with van der Waals surface area (Å²) in [4.78, 5) is 1.68. The summed E-state index contributed by atoms with van der Waals surface area (Å²) in [7, 11) is 0. The van der Waals surface area contributed by atoms with E-state index in [0.29, 0.717) is 13.1 Å². The zero-order valence-corrected chi connectivity index (χ0v) is 9.10. The second kappa shape index (κ2) is 13.6. The highest BCUT2D eigenvalue weighted by molar-refractivity contribution is 7.51. The summed E-state index contributed by atoms with van der Waals surface area (Å²) in [5, 5.41) is 34.7. The molecule has 0 aliphatic rings. The largest absolute Gasteiger partial charge is 0.395 e. The smallest absolute Gasteiger partial charge is 0.335 e. The maximum absolute atomic E-state index is 9.03. The van der Waals surface area contributed by atoms with Crippen LogP contribution in [0.5, 0.6) is 0 Å². The number of aliphatic hydroxyl groups is 4. The lowest BCUT2D eigenvalue weighted by atomic mass is 10.3. The van der Waals surface area contributed by atoms with Crippen molar-refractivity contribution < 1.29 is 28.8 Å². The van der Waals surface area contributed by atoms with Crippen molar-refractivity contribution in [3.05, 3.63) is 0 Å². The van der Waals surface area contributed by atoms with Crippen LogP contribution >= 0.6 is 0 Å². The Kier molecular flexibility index (Phi) is 15.5. The molecule has 0 saturated heterocycles. The molecule has 0 heterocycles. The first-order chi connectivity index (χ1) is 7.15. The van der Waals surface area contributed by atoms with Crippen LogP contribution in [0.1, 0.15) is 0 Å². The average molecular weight is 243 g/mol. The van der Waals surface area contributed by atoms with Gasteiger partial charge in [-0.15, -0.1) is 0 Å². The van der Waals surface area contributed by atoms with Crippen molar-refractivity contribution >= 4 is 11.6 Å². The molecule has 0 aromatic heterocycles. The first kappa shape index (κ1) is 17.0. The van der Waals surface area contributed by atoms with Gasteiger partial charge in [-0.1, -0.05) is 0 Å². The lowest BCUT2D eigenvalue weighted by Crippen LogP contribution is -2.37. The second-order valence-corrected chi connectivity index (χ2v) is 2.79. The van der Waals surface area contributed by atoms with E-state index in [1.54, 1.807) is 4.90 Å². The molecule has 0 aromatic rings. The van der Waals surface area contributed by atoms with Crippen LogP contribution in [0.3, 0.4) is 0 Å². The maximum atomic E-state index is 9.03. The summed E-state index contributed by atoms with van der Waals surface area (Å²) in [5.74, 6) is 0. The Morgan fingerprint density at radius 2 is 1.47 bits per heavy atom. The van der Waals surface area contributed by atoms with Crippen molar-refractivity contribution in [1.29, 1.82) is 0 Å². The number of rotatable bonds is 7. The zero-order valence-electron chi connectivity index (χ0n) is 8.28. The molecule has 8 heteroatoms. The number of nitrogens with zero attached hydrogens (tertiary/aromatic N) is 1. The van der Waals surface area contributed by atoms with E-state index in [1.165, 1.54) is 0 Å². The third kappa shape index (κ3) is 13.6. The highest BCUT2D eigenvalue weighted by Gasteiger charge is 2.09. The van der Waals surface area contributed by atoms with Crippen LogP contribution in [0.2, 0.25) is 0 Å². The Morgan fingerprint density at radius 1 is 1.07 bits per heavy atom. The lowest BCUT2D eigenvalue weighted by Gasteiger charge is -2.22. The monoisotopic (exact) mass is 243 g/mol. The molecule has 0 radical (unpaired) electrons. The van der Waals surface area contributed by atoms with Gasteiger partial charge in [0.25, 0.3) is 0 Å². The van der Waals surface area contributed by atoms with Crippen molar-refractivity contribution in [2.24, 2.45) is 0 Å². The Balaban J connectivity index is 0. The molecular weight excluding hydrogens is 226 g/mol. The van der Waals surface area contributed by atoms with Crippen LogP contribution in [0.25, 0.3) is 0 Å². The normalized spacial score (nSPS) is 11.8. The fraction of sp³-hybridized carbons (Fsp3) is 1.00. The molecule has 0 fully saturated rings. The first-order valence-corrected chi connectivity index (χ1v) is 4.97. The van der Waals surface area contributed by atoms with Gasteiger partial charge in [0.2, 0.25) is 0 Å². The number of aliphatic hydroxyl groups excluding tert-OH is 4. The molecular formula is C7H17NO6S. The third-order valence-corrected chi connectivity index (χ3v) is 1.51. The SMILES string of the molecule is O=S=O.OCCN(CCO)CC(O)CO. The van der Waals surface area contributed by atoms with Crippen molar-refractivity contribution in [2.45, 2.75) is 6.10 Å². The number of hydrogen-bond acceptors (Lipinski definition) is 7. The van der Waals surface area contributed by atoms with Gasteiger partial charge < -0.3 is 20.4 Å². The van der Waals surface area contributed by atoms with Gasteiger partial charge in [-0.2, -0.15) is 8.42 Å². The van der Waals surface area contributed by atoms with Gasteiger partial charge in [-0.3, -0.25) is 4.90 Å². The summed E-state index contributed by atoms with van der Waals surface area (Å²) < 4.78 is 16.6. The molecule has 0 aliphatic heterocycles. The molecule has 0 bridgehead atoms. The predicted octanol–water partition coefficient (Wildman–Crippen LogP) is -3.04. The van der Waals surface area contributed by atoms with Crippen molar-refractivity contribution in [3.63, 3.8) is 0 Å². The molecule has 7 nitrogen and oxygen atoms in total. The molecule has 4 N–H and O–H groups in total. The molecule has 0 amide bonds. The summed E-state index contributed by atoms with van der Waals surface area (Å²) in [5.41, 5.74) is 0. The summed E-state index contributed by atoms with van der Waals surface area (Å²) in [6.07, 6.45) is -0.803. The minimum atomic E-state index is -0.803. The highest BCUT2D eigenvalue weighted by Crippen LogP contribution is 1.90. The summed E-state index contributed by atoms with van der Waals surface area (Å²) in [6.45, 7) is 0.747. The molecule has 0 aliphatic carbocycles. The van der Waals surface area contributed by atoms with E-state index in [1.807, 2.05) is 0 Å². The molecule has 1 atom stereocenters. The van der Waals surface area contributed by atoms with Crippen LogP contribution in [0.15, 0.2) is 0 Å². The Labute approximate surface area is 91.6 Å². The predicted molar refractivity (Wildman–Crippen MR) is 52.6 cm³/mol. The molecule has 0 aromatic carbocycles. The van der Waals surface area contributed by atoms with E-state index in [-0.39, 0.29) is 26.4 Å². The fourth-order valence-electron chi connectivity index (χ4n) is 0.933. The zero-order chi connectivity index (χ0) is 12.1. The Bertz CT molecular complexity index is 158. The second-order valence-electron chi connectivity index (χ2n) is 2.65. The van der Waals surface area contributed by atoms with Gasteiger partial charge in [0.05, 0.1) is 25.9 Å². The molecule has 92 valence electrons. The van der Waals surface area contributed by atoms with E-state index in [2.05, 4.69) is 0 Å². The average Bonchev–Trinajstić information content (AvgIpc) is 2.19. The van der Waals surface area contributed by atoms with Crippen molar-refractivity contribution in [3.8, 4) is 0 Å². The summed E-state index contributed by atoms with van der Waals surface area (Å²) in [6, 6.07) is 0. The first-order valence-electron chi connectivity index (χ1n) is 4.31. The van der Waals surface area contributed by atoms with Crippen LogP contribution in [0, 0.1) is 0 Å². The van der Waals surface area contributed by atoms with Gasteiger partial charge >= 0.3 is 11.6 Å². The van der Waals surface area contributed by atoms with E-state index in [9.17, 15) is 0 Å². The molecule has 0 saturated carbocycles. The van der Waals surface area contributed by atoms with E-state index >= 15 is 0 Å². The van der Waals surface area contributed by atoms with Crippen molar-refractivity contribution in [1.82, 2.24) is 4.90 Å². The van der Waals surface area contributed by atoms with Gasteiger partial charge in [0, 0.05) is 19.6 Å². The van der Waals surface area contributed by atoms with E-state index in [0.717, 1.165) is 0 Å².